The fourth-order valence-electron chi connectivity index (χ4n) is 1.10. The normalized spacial score (nSPS) is 9.05. The fraction of sp³-hybridized carbons (Fsp3) is 0.533. The highest BCUT2D eigenvalue weighted by molar-refractivity contribution is 5.66. The molecule has 0 heterocycles. The summed E-state index contributed by atoms with van der Waals surface area (Å²) in [6.45, 7) is 5.22. The second-order valence-corrected chi connectivity index (χ2v) is 4.11. The zero-order valence-corrected chi connectivity index (χ0v) is 12.4. The molecule has 0 aliphatic heterocycles. The molecule has 0 saturated carbocycles. The number of unbranched alkanes of at least 4 members (excludes halogenated alkanes) is 1. The van der Waals surface area contributed by atoms with Gasteiger partial charge in [-0.25, -0.2) is 4.79 Å². The monoisotopic (exact) mass is 267 g/mol. The molecule has 0 N–H and O–H groups in total. The van der Waals surface area contributed by atoms with E-state index in [1.807, 2.05) is 30.3 Å². The molecule has 1 rings (SSSR count). The number of benzene rings is 1. The highest BCUT2D eigenvalue weighted by atomic mass is 16.5. The average Bonchev–Trinajstić information content (AvgIpc) is 2.41. The van der Waals surface area contributed by atoms with Crippen LogP contribution in [0.25, 0.3) is 0 Å². The summed E-state index contributed by atoms with van der Waals surface area (Å²) in [4.78, 5) is 11.8. The number of para-hydroxylation sites is 1. The highest BCUT2D eigenvalue weighted by Crippen LogP contribution is 2.08. The molecule has 0 unspecified atom stereocenters. The number of carbonyl (C=O) groups excluding carboxylic acids is 1. The zero-order chi connectivity index (χ0) is 14.5. The molecule has 0 fully saturated rings. The molecule has 108 valence electrons. The maximum Gasteiger partial charge on any atom is 0.409 e. The maximum absolute atomic E-state index is 10.4. The van der Waals surface area contributed by atoms with Gasteiger partial charge in [0.2, 0.25) is 0 Å². The number of rotatable bonds is 5. The number of amides is 1. The van der Waals surface area contributed by atoms with Crippen molar-refractivity contribution in [2.75, 3.05) is 27.3 Å². The van der Waals surface area contributed by atoms with Gasteiger partial charge in [0.15, 0.2) is 0 Å². The third-order valence-corrected chi connectivity index (χ3v) is 2.14. The van der Waals surface area contributed by atoms with Gasteiger partial charge >= 0.3 is 6.09 Å². The Morgan fingerprint density at radius 2 is 1.79 bits per heavy atom. The lowest BCUT2D eigenvalue weighted by atomic mass is 10.3. The van der Waals surface area contributed by atoms with Crippen molar-refractivity contribution in [1.82, 2.24) is 4.90 Å². The van der Waals surface area contributed by atoms with Gasteiger partial charge in [-0.3, -0.25) is 0 Å². The van der Waals surface area contributed by atoms with Crippen molar-refractivity contribution in [2.45, 2.75) is 26.7 Å². The van der Waals surface area contributed by atoms with Gasteiger partial charge in [0.25, 0.3) is 0 Å². The van der Waals surface area contributed by atoms with Crippen LogP contribution >= 0.6 is 0 Å². The Bertz CT molecular complexity index is 325. The van der Waals surface area contributed by atoms with Crippen LogP contribution in [0.2, 0.25) is 0 Å². The smallest absolute Gasteiger partial charge is 0.409 e. The van der Waals surface area contributed by atoms with E-state index in [0.29, 0.717) is 6.61 Å². The summed E-state index contributed by atoms with van der Waals surface area (Å²) in [5.41, 5.74) is 0. The Morgan fingerprint density at radius 1 is 1.16 bits per heavy atom. The highest BCUT2D eigenvalue weighted by Gasteiger charge is 1.99. The van der Waals surface area contributed by atoms with Crippen molar-refractivity contribution in [3.05, 3.63) is 30.3 Å². The molecule has 4 heteroatoms. The van der Waals surface area contributed by atoms with E-state index in [1.54, 1.807) is 21.0 Å². The molecule has 0 aromatic heterocycles. The van der Waals surface area contributed by atoms with Crippen LogP contribution in [0.4, 0.5) is 4.79 Å². The molecule has 19 heavy (non-hydrogen) atoms. The maximum atomic E-state index is 10.4. The van der Waals surface area contributed by atoms with E-state index in [1.165, 1.54) is 11.3 Å². The zero-order valence-electron chi connectivity index (χ0n) is 12.4. The van der Waals surface area contributed by atoms with Crippen LogP contribution in [0.1, 0.15) is 26.7 Å². The molecule has 0 spiro atoms. The van der Waals surface area contributed by atoms with Crippen LogP contribution in [0.5, 0.6) is 5.75 Å². The molecule has 0 atom stereocenters. The molecule has 0 radical (unpaired) electrons. The molecule has 1 amide bonds. The predicted octanol–water partition coefficient (Wildman–Crippen LogP) is 3.57. The summed E-state index contributed by atoms with van der Waals surface area (Å²) >= 11 is 0. The Balaban J connectivity index is 0.000000362. The topological polar surface area (TPSA) is 38.8 Å². The second kappa shape index (κ2) is 11.4. The lowest BCUT2D eigenvalue weighted by molar-refractivity contribution is 0.124. The Morgan fingerprint density at radius 3 is 2.21 bits per heavy atom. The van der Waals surface area contributed by atoms with Crippen molar-refractivity contribution >= 4 is 6.09 Å². The minimum absolute atomic E-state index is 0.285. The summed E-state index contributed by atoms with van der Waals surface area (Å²) in [5, 5.41) is 0. The first-order chi connectivity index (χ1) is 9.11. The van der Waals surface area contributed by atoms with Crippen molar-refractivity contribution in [1.29, 1.82) is 0 Å². The Labute approximate surface area is 116 Å². The van der Waals surface area contributed by atoms with Crippen LogP contribution in [0.3, 0.4) is 0 Å². The lowest BCUT2D eigenvalue weighted by Crippen LogP contribution is -2.22. The van der Waals surface area contributed by atoms with Crippen LogP contribution in [0.15, 0.2) is 30.3 Å². The fourth-order valence-corrected chi connectivity index (χ4v) is 1.10. The molecule has 0 aliphatic carbocycles. The number of hydrogen-bond acceptors (Lipinski definition) is 3. The Hall–Kier alpha value is -1.71. The summed E-state index contributed by atoms with van der Waals surface area (Å²) < 4.78 is 10.0. The van der Waals surface area contributed by atoms with Crippen molar-refractivity contribution in [3.8, 4) is 5.75 Å². The van der Waals surface area contributed by atoms with Gasteiger partial charge in [0.1, 0.15) is 5.75 Å². The summed E-state index contributed by atoms with van der Waals surface area (Å²) in [6, 6.07) is 9.93. The molecule has 1 aromatic rings. The van der Waals surface area contributed by atoms with E-state index in [-0.39, 0.29) is 6.09 Å². The van der Waals surface area contributed by atoms with E-state index < -0.39 is 0 Å². The van der Waals surface area contributed by atoms with Crippen LogP contribution in [0, 0.1) is 0 Å². The average molecular weight is 267 g/mol. The SMILES string of the molecule is CCCCOc1ccccc1.CCOC(=O)N(C)C. The minimum Gasteiger partial charge on any atom is -0.494 e. The van der Waals surface area contributed by atoms with Gasteiger partial charge in [-0.2, -0.15) is 0 Å². The summed E-state index contributed by atoms with van der Waals surface area (Å²) in [7, 11) is 3.30. The summed E-state index contributed by atoms with van der Waals surface area (Å²) in [5.74, 6) is 0.973. The predicted molar refractivity (Wildman–Crippen MR) is 77.6 cm³/mol. The number of hydrogen-bond donors (Lipinski definition) is 0. The third-order valence-electron chi connectivity index (χ3n) is 2.14. The second-order valence-electron chi connectivity index (χ2n) is 4.11. The number of ether oxygens (including phenoxy) is 2. The van der Waals surface area contributed by atoms with Gasteiger partial charge in [0, 0.05) is 14.1 Å². The lowest BCUT2D eigenvalue weighted by Gasteiger charge is -2.07. The van der Waals surface area contributed by atoms with E-state index in [0.717, 1.165) is 18.8 Å². The molecule has 0 saturated heterocycles. The minimum atomic E-state index is -0.285. The van der Waals surface area contributed by atoms with Gasteiger partial charge in [-0.1, -0.05) is 31.5 Å². The number of carbonyl (C=O) groups is 1. The van der Waals surface area contributed by atoms with Crippen molar-refractivity contribution in [2.24, 2.45) is 0 Å². The van der Waals surface area contributed by atoms with E-state index in [9.17, 15) is 4.79 Å². The largest absolute Gasteiger partial charge is 0.494 e. The van der Waals surface area contributed by atoms with E-state index in [4.69, 9.17) is 4.74 Å². The van der Waals surface area contributed by atoms with Crippen LogP contribution in [-0.4, -0.2) is 38.3 Å². The molecule has 4 nitrogen and oxygen atoms in total. The van der Waals surface area contributed by atoms with E-state index in [2.05, 4.69) is 11.7 Å². The third kappa shape index (κ3) is 9.94. The molecule has 0 bridgehead atoms. The standard InChI is InChI=1S/C10H14O.C5H11NO2/c1-2-3-9-11-10-7-5-4-6-8-10;1-4-8-5(7)6(2)3/h4-8H,2-3,9H2,1H3;4H2,1-3H3. The van der Waals surface area contributed by atoms with Gasteiger partial charge < -0.3 is 14.4 Å². The Kier molecular flexibility index (Phi) is 10.4. The first-order valence-corrected chi connectivity index (χ1v) is 6.63. The van der Waals surface area contributed by atoms with Gasteiger partial charge in [0.05, 0.1) is 13.2 Å². The summed E-state index contributed by atoms with van der Waals surface area (Å²) in [6.07, 6.45) is 2.04. The molecular weight excluding hydrogens is 242 g/mol. The molecule has 1 aromatic carbocycles. The van der Waals surface area contributed by atoms with Crippen LogP contribution < -0.4 is 4.74 Å². The van der Waals surface area contributed by atoms with Crippen molar-refractivity contribution < 1.29 is 14.3 Å². The van der Waals surface area contributed by atoms with Gasteiger partial charge in [-0.05, 0) is 25.5 Å². The molecule has 0 aliphatic rings. The molecular formula is C15H25NO3. The van der Waals surface area contributed by atoms with Gasteiger partial charge in [-0.15, -0.1) is 0 Å². The van der Waals surface area contributed by atoms with Crippen molar-refractivity contribution in [3.63, 3.8) is 0 Å². The first-order valence-electron chi connectivity index (χ1n) is 6.63. The first kappa shape index (κ1) is 17.3. The van der Waals surface area contributed by atoms with E-state index >= 15 is 0 Å². The number of nitrogens with zero attached hydrogens (tertiary/aromatic N) is 1. The quantitative estimate of drug-likeness (QED) is 0.765. The van der Waals surface area contributed by atoms with Crippen LogP contribution in [-0.2, 0) is 4.74 Å².